The molecule has 2 rings (SSSR count). The van der Waals surface area contributed by atoms with Gasteiger partial charge in [0, 0.05) is 16.9 Å². The molecule has 0 saturated carbocycles. The molecule has 0 spiro atoms. The first-order chi connectivity index (χ1) is 7.65. The SMILES string of the molecule is Cc1ccc(Nc2ccnc(Cl)n2)cc1Cl. The molecule has 0 aliphatic rings. The largest absolute Gasteiger partial charge is 0.340 e. The zero-order valence-corrected chi connectivity index (χ0v) is 10.0. The Kier molecular flexibility index (Phi) is 3.27. The molecule has 2 aromatic rings. The van der Waals surface area contributed by atoms with Crippen molar-refractivity contribution in [2.24, 2.45) is 0 Å². The summed E-state index contributed by atoms with van der Waals surface area (Å²) in [4.78, 5) is 7.82. The molecule has 1 heterocycles. The maximum atomic E-state index is 6.01. The van der Waals surface area contributed by atoms with Gasteiger partial charge in [-0.2, -0.15) is 0 Å². The summed E-state index contributed by atoms with van der Waals surface area (Å²) in [6.45, 7) is 1.95. The van der Waals surface area contributed by atoms with E-state index in [-0.39, 0.29) is 5.28 Å². The number of aryl methyl sites for hydroxylation is 1. The van der Waals surface area contributed by atoms with Gasteiger partial charge in [0.05, 0.1) is 0 Å². The van der Waals surface area contributed by atoms with Gasteiger partial charge in [-0.05, 0) is 42.3 Å². The Bertz CT molecular complexity index is 514. The Morgan fingerprint density at radius 2 is 2.00 bits per heavy atom. The molecule has 0 aliphatic carbocycles. The summed E-state index contributed by atoms with van der Waals surface area (Å²) in [7, 11) is 0. The van der Waals surface area contributed by atoms with E-state index < -0.39 is 0 Å². The van der Waals surface area contributed by atoms with Gasteiger partial charge < -0.3 is 5.32 Å². The highest BCUT2D eigenvalue weighted by Gasteiger charge is 2.00. The predicted octanol–water partition coefficient (Wildman–Crippen LogP) is 3.84. The molecule has 0 fully saturated rings. The van der Waals surface area contributed by atoms with E-state index in [1.165, 1.54) is 0 Å². The molecule has 1 aromatic carbocycles. The number of halogens is 2. The molecule has 82 valence electrons. The Labute approximate surface area is 103 Å². The van der Waals surface area contributed by atoms with Gasteiger partial charge in [-0.15, -0.1) is 0 Å². The third-order valence-corrected chi connectivity index (χ3v) is 2.66. The van der Waals surface area contributed by atoms with Gasteiger partial charge in [0.2, 0.25) is 5.28 Å². The number of nitrogens with zero attached hydrogens (tertiary/aromatic N) is 2. The maximum Gasteiger partial charge on any atom is 0.224 e. The monoisotopic (exact) mass is 253 g/mol. The predicted molar refractivity (Wildman–Crippen MR) is 66.5 cm³/mol. The van der Waals surface area contributed by atoms with Crippen molar-refractivity contribution in [2.75, 3.05) is 5.32 Å². The summed E-state index contributed by atoms with van der Waals surface area (Å²) in [5, 5.41) is 4.02. The number of hydrogen-bond acceptors (Lipinski definition) is 3. The second kappa shape index (κ2) is 4.68. The highest BCUT2D eigenvalue weighted by Crippen LogP contribution is 2.22. The fourth-order valence-corrected chi connectivity index (χ4v) is 1.55. The molecule has 0 aliphatic heterocycles. The molecule has 5 heteroatoms. The van der Waals surface area contributed by atoms with E-state index in [1.807, 2.05) is 25.1 Å². The molecule has 0 atom stereocenters. The standard InChI is InChI=1S/C11H9Cl2N3/c1-7-2-3-8(6-9(7)12)15-10-4-5-14-11(13)16-10/h2-6H,1H3,(H,14,15,16). The number of benzene rings is 1. The minimum absolute atomic E-state index is 0.211. The number of aromatic nitrogens is 2. The maximum absolute atomic E-state index is 6.01. The summed E-state index contributed by atoms with van der Waals surface area (Å²) in [5.74, 6) is 0.639. The number of anilines is 2. The van der Waals surface area contributed by atoms with Gasteiger partial charge in [-0.25, -0.2) is 9.97 Å². The quantitative estimate of drug-likeness (QED) is 0.827. The van der Waals surface area contributed by atoms with Crippen molar-refractivity contribution < 1.29 is 0 Å². The van der Waals surface area contributed by atoms with Gasteiger partial charge in [0.15, 0.2) is 0 Å². The van der Waals surface area contributed by atoms with E-state index >= 15 is 0 Å². The van der Waals surface area contributed by atoms with E-state index in [2.05, 4.69) is 15.3 Å². The van der Waals surface area contributed by atoms with Crippen LogP contribution in [0.25, 0.3) is 0 Å². The van der Waals surface area contributed by atoms with Crippen LogP contribution in [0, 0.1) is 6.92 Å². The zero-order valence-electron chi connectivity index (χ0n) is 8.54. The topological polar surface area (TPSA) is 37.8 Å². The lowest BCUT2D eigenvalue weighted by Crippen LogP contribution is -1.94. The lowest BCUT2D eigenvalue weighted by Gasteiger charge is -2.06. The minimum atomic E-state index is 0.211. The van der Waals surface area contributed by atoms with E-state index in [1.54, 1.807) is 12.3 Å². The van der Waals surface area contributed by atoms with Crippen LogP contribution in [0.5, 0.6) is 0 Å². The molecule has 0 radical (unpaired) electrons. The van der Waals surface area contributed by atoms with Crippen LogP contribution in [-0.4, -0.2) is 9.97 Å². The van der Waals surface area contributed by atoms with Crippen molar-refractivity contribution in [1.82, 2.24) is 9.97 Å². The molecule has 1 N–H and O–H groups in total. The van der Waals surface area contributed by atoms with Crippen LogP contribution in [0.15, 0.2) is 30.5 Å². The van der Waals surface area contributed by atoms with Crippen LogP contribution in [-0.2, 0) is 0 Å². The summed E-state index contributed by atoms with van der Waals surface area (Å²) in [6.07, 6.45) is 1.59. The van der Waals surface area contributed by atoms with Crippen LogP contribution in [0.3, 0.4) is 0 Å². The van der Waals surface area contributed by atoms with Crippen molar-refractivity contribution in [3.05, 3.63) is 46.3 Å². The molecule has 16 heavy (non-hydrogen) atoms. The van der Waals surface area contributed by atoms with E-state index in [0.29, 0.717) is 10.8 Å². The Balaban J connectivity index is 2.24. The lowest BCUT2D eigenvalue weighted by molar-refractivity contribution is 1.17. The molecule has 1 aromatic heterocycles. The molecular weight excluding hydrogens is 245 g/mol. The molecule has 0 amide bonds. The van der Waals surface area contributed by atoms with Crippen LogP contribution in [0.2, 0.25) is 10.3 Å². The minimum Gasteiger partial charge on any atom is -0.340 e. The first kappa shape index (κ1) is 11.2. The summed E-state index contributed by atoms with van der Waals surface area (Å²) in [5.41, 5.74) is 1.90. The Morgan fingerprint density at radius 1 is 1.19 bits per heavy atom. The molecule has 0 bridgehead atoms. The second-order valence-corrected chi connectivity index (χ2v) is 4.05. The Morgan fingerprint density at radius 3 is 2.69 bits per heavy atom. The fourth-order valence-electron chi connectivity index (χ4n) is 1.22. The Hall–Kier alpha value is -1.32. The van der Waals surface area contributed by atoms with E-state index in [4.69, 9.17) is 23.2 Å². The van der Waals surface area contributed by atoms with Gasteiger partial charge in [0.25, 0.3) is 0 Å². The molecular formula is C11H9Cl2N3. The molecule has 0 saturated heterocycles. The molecule has 3 nitrogen and oxygen atoms in total. The van der Waals surface area contributed by atoms with Crippen molar-refractivity contribution in [1.29, 1.82) is 0 Å². The van der Waals surface area contributed by atoms with Crippen molar-refractivity contribution in [3.63, 3.8) is 0 Å². The van der Waals surface area contributed by atoms with E-state index in [0.717, 1.165) is 11.3 Å². The zero-order chi connectivity index (χ0) is 11.5. The van der Waals surface area contributed by atoms with Crippen LogP contribution in [0.1, 0.15) is 5.56 Å². The average molecular weight is 254 g/mol. The van der Waals surface area contributed by atoms with Crippen LogP contribution < -0.4 is 5.32 Å². The fraction of sp³-hybridized carbons (Fsp3) is 0.0909. The number of nitrogens with one attached hydrogen (secondary N) is 1. The van der Waals surface area contributed by atoms with Gasteiger partial charge >= 0.3 is 0 Å². The van der Waals surface area contributed by atoms with E-state index in [9.17, 15) is 0 Å². The van der Waals surface area contributed by atoms with Crippen LogP contribution >= 0.6 is 23.2 Å². The smallest absolute Gasteiger partial charge is 0.224 e. The van der Waals surface area contributed by atoms with Crippen molar-refractivity contribution in [2.45, 2.75) is 6.92 Å². The summed E-state index contributed by atoms with van der Waals surface area (Å²) < 4.78 is 0. The summed E-state index contributed by atoms with van der Waals surface area (Å²) >= 11 is 11.7. The first-order valence-corrected chi connectivity index (χ1v) is 5.42. The van der Waals surface area contributed by atoms with Gasteiger partial charge in [-0.1, -0.05) is 17.7 Å². The second-order valence-electron chi connectivity index (χ2n) is 3.30. The van der Waals surface area contributed by atoms with Crippen LogP contribution in [0.4, 0.5) is 11.5 Å². The number of rotatable bonds is 2. The first-order valence-electron chi connectivity index (χ1n) is 4.67. The third-order valence-electron chi connectivity index (χ3n) is 2.07. The van der Waals surface area contributed by atoms with Gasteiger partial charge in [0.1, 0.15) is 5.82 Å². The van der Waals surface area contributed by atoms with Gasteiger partial charge in [-0.3, -0.25) is 0 Å². The third kappa shape index (κ3) is 2.62. The number of hydrogen-bond donors (Lipinski definition) is 1. The van der Waals surface area contributed by atoms with Crippen molar-refractivity contribution in [3.8, 4) is 0 Å². The lowest BCUT2D eigenvalue weighted by atomic mass is 10.2. The summed E-state index contributed by atoms with van der Waals surface area (Å²) in [6, 6.07) is 7.44. The highest BCUT2D eigenvalue weighted by molar-refractivity contribution is 6.31. The van der Waals surface area contributed by atoms with Crippen molar-refractivity contribution >= 4 is 34.7 Å². The average Bonchev–Trinajstić information content (AvgIpc) is 2.24. The molecule has 0 unspecified atom stereocenters. The highest BCUT2D eigenvalue weighted by atomic mass is 35.5. The normalized spacial score (nSPS) is 10.2.